The maximum Gasteiger partial charge on any atom is 0.0652 e. The first-order valence-electron chi connectivity index (χ1n) is 5.66. The molecule has 0 aliphatic carbocycles. The average Bonchev–Trinajstić information content (AvgIpc) is 2.32. The van der Waals surface area contributed by atoms with E-state index < -0.39 is 0 Å². The van der Waals surface area contributed by atoms with Crippen molar-refractivity contribution in [1.29, 1.82) is 0 Å². The van der Waals surface area contributed by atoms with Gasteiger partial charge in [0.25, 0.3) is 0 Å². The van der Waals surface area contributed by atoms with Gasteiger partial charge in [0, 0.05) is 42.8 Å². The van der Waals surface area contributed by atoms with E-state index in [1.807, 2.05) is 0 Å². The van der Waals surface area contributed by atoms with Crippen molar-refractivity contribution < 1.29 is 0 Å². The topological polar surface area (TPSA) is 15.3 Å². The summed E-state index contributed by atoms with van der Waals surface area (Å²) in [5.41, 5.74) is 0.926. The van der Waals surface area contributed by atoms with Crippen LogP contribution in [-0.4, -0.2) is 30.6 Å². The second-order valence-electron chi connectivity index (χ2n) is 4.35. The van der Waals surface area contributed by atoms with E-state index in [2.05, 4.69) is 17.1 Å². The molecule has 0 bridgehead atoms. The van der Waals surface area contributed by atoms with Gasteiger partial charge in [-0.1, -0.05) is 34.8 Å². The fraction of sp³-hybridized carbons (Fsp3) is 0.500. The molecule has 1 aliphatic rings. The van der Waals surface area contributed by atoms with E-state index >= 15 is 0 Å². The fourth-order valence-electron chi connectivity index (χ4n) is 2.04. The number of piperazine rings is 1. The molecule has 2 rings (SSSR count). The zero-order chi connectivity index (χ0) is 12.4. The third-order valence-electron chi connectivity index (χ3n) is 3.14. The van der Waals surface area contributed by atoms with E-state index in [1.54, 1.807) is 12.1 Å². The van der Waals surface area contributed by atoms with Gasteiger partial charge < -0.3 is 5.32 Å². The predicted octanol–water partition coefficient (Wildman–Crippen LogP) is 3.44. The van der Waals surface area contributed by atoms with Crippen molar-refractivity contribution >= 4 is 34.8 Å². The van der Waals surface area contributed by atoms with Crippen LogP contribution in [-0.2, 0) is 6.54 Å². The second-order valence-corrected chi connectivity index (χ2v) is 5.54. The lowest BCUT2D eigenvalue weighted by atomic mass is 10.1. The Hall–Kier alpha value is 0.01000. The molecule has 0 aromatic heterocycles. The zero-order valence-electron chi connectivity index (χ0n) is 9.64. The van der Waals surface area contributed by atoms with E-state index in [0.29, 0.717) is 21.1 Å². The molecule has 1 aliphatic heterocycles. The third kappa shape index (κ3) is 3.07. The molecule has 0 spiro atoms. The van der Waals surface area contributed by atoms with Crippen molar-refractivity contribution in [3.05, 3.63) is 32.8 Å². The molecule has 1 heterocycles. The van der Waals surface area contributed by atoms with Crippen LogP contribution in [0.4, 0.5) is 0 Å². The maximum atomic E-state index is 6.21. The summed E-state index contributed by atoms with van der Waals surface area (Å²) in [5.74, 6) is 0. The first kappa shape index (κ1) is 13.4. The van der Waals surface area contributed by atoms with E-state index in [4.69, 9.17) is 34.8 Å². The third-order valence-corrected chi connectivity index (χ3v) is 4.34. The molecule has 2 nitrogen and oxygen atoms in total. The lowest BCUT2D eigenvalue weighted by molar-refractivity contribution is 0.166. The van der Waals surface area contributed by atoms with Gasteiger partial charge in [-0.2, -0.15) is 0 Å². The predicted molar refractivity (Wildman–Crippen MR) is 74.2 cm³/mol. The van der Waals surface area contributed by atoms with Gasteiger partial charge >= 0.3 is 0 Å². The van der Waals surface area contributed by atoms with Crippen LogP contribution in [0.3, 0.4) is 0 Å². The number of hydrogen-bond acceptors (Lipinski definition) is 2. The summed E-state index contributed by atoms with van der Waals surface area (Å²) >= 11 is 18.4. The molecule has 5 heteroatoms. The Balaban J connectivity index is 2.20. The van der Waals surface area contributed by atoms with Crippen LogP contribution in [0.25, 0.3) is 0 Å². The number of hydrogen-bond donors (Lipinski definition) is 1. The normalized spacial score (nSPS) is 21.8. The van der Waals surface area contributed by atoms with Gasteiger partial charge in [0.15, 0.2) is 0 Å². The lowest BCUT2D eigenvalue weighted by Crippen LogP contribution is -2.49. The first-order chi connectivity index (χ1) is 8.09. The van der Waals surface area contributed by atoms with Crippen molar-refractivity contribution in [1.82, 2.24) is 10.2 Å². The Morgan fingerprint density at radius 1 is 1.29 bits per heavy atom. The molecular weight excluding hydrogens is 279 g/mol. The smallest absolute Gasteiger partial charge is 0.0652 e. The van der Waals surface area contributed by atoms with Crippen LogP contribution in [0.2, 0.25) is 15.1 Å². The molecule has 0 saturated carbocycles. The van der Waals surface area contributed by atoms with Gasteiger partial charge in [0.1, 0.15) is 0 Å². The number of nitrogens with one attached hydrogen (secondary N) is 1. The molecular formula is C12H15Cl3N2. The summed E-state index contributed by atoms with van der Waals surface area (Å²) in [6.45, 7) is 5.94. The van der Waals surface area contributed by atoms with E-state index in [9.17, 15) is 0 Å². The van der Waals surface area contributed by atoms with E-state index in [0.717, 1.165) is 31.7 Å². The summed E-state index contributed by atoms with van der Waals surface area (Å²) < 4.78 is 0. The summed E-state index contributed by atoms with van der Waals surface area (Å²) in [7, 11) is 0. The average molecular weight is 294 g/mol. The molecule has 1 saturated heterocycles. The van der Waals surface area contributed by atoms with Crippen molar-refractivity contribution in [3.63, 3.8) is 0 Å². The minimum Gasteiger partial charge on any atom is -0.314 e. The number of nitrogens with zero attached hydrogens (tertiary/aromatic N) is 1. The minimum atomic E-state index is 0.481. The highest BCUT2D eigenvalue weighted by molar-refractivity contribution is 6.44. The van der Waals surface area contributed by atoms with Crippen LogP contribution in [0.15, 0.2) is 12.1 Å². The molecule has 1 fully saturated rings. The Labute approximate surface area is 117 Å². The van der Waals surface area contributed by atoms with E-state index in [1.165, 1.54) is 0 Å². The molecule has 94 valence electrons. The van der Waals surface area contributed by atoms with Crippen molar-refractivity contribution in [2.45, 2.75) is 19.5 Å². The van der Waals surface area contributed by atoms with Crippen LogP contribution in [0.1, 0.15) is 12.5 Å². The zero-order valence-corrected chi connectivity index (χ0v) is 11.9. The summed E-state index contributed by atoms with van der Waals surface area (Å²) in [4.78, 5) is 2.36. The molecule has 1 N–H and O–H groups in total. The van der Waals surface area contributed by atoms with Crippen LogP contribution in [0, 0.1) is 0 Å². The number of halogens is 3. The monoisotopic (exact) mass is 292 g/mol. The van der Waals surface area contributed by atoms with Gasteiger partial charge in [-0.3, -0.25) is 4.90 Å². The molecule has 1 aromatic carbocycles. The van der Waals surface area contributed by atoms with Gasteiger partial charge in [0.05, 0.1) is 10.0 Å². The van der Waals surface area contributed by atoms with E-state index in [-0.39, 0.29) is 0 Å². The first-order valence-corrected chi connectivity index (χ1v) is 6.80. The SMILES string of the molecule is C[C@H]1CNCCN1Cc1c(Cl)ccc(Cl)c1Cl. The minimum absolute atomic E-state index is 0.481. The highest BCUT2D eigenvalue weighted by Crippen LogP contribution is 2.32. The van der Waals surface area contributed by atoms with Gasteiger partial charge in [-0.05, 0) is 19.1 Å². The van der Waals surface area contributed by atoms with Gasteiger partial charge in [0.2, 0.25) is 0 Å². The van der Waals surface area contributed by atoms with Gasteiger partial charge in [-0.25, -0.2) is 0 Å². The Kier molecular flexibility index (Phi) is 4.56. The molecule has 0 unspecified atom stereocenters. The van der Waals surface area contributed by atoms with Gasteiger partial charge in [-0.15, -0.1) is 0 Å². The number of rotatable bonds is 2. The summed E-state index contributed by atoms with van der Waals surface area (Å²) in [6.07, 6.45) is 0. The summed E-state index contributed by atoms with van der Waals surface area (Å²) in [5, 5.41) is 5.18. The Bertz CT molecular complexity index is 409. The molecule has 1 atom stereocenters. The van der Waals surface area contributed by atoms with Crippen LogP contribution >= 0.6 is 34.8 Å². The van der Waals surface area contributed by atoms with Crippen LogP contribution < -0.4 is 5.32 Å². The molecule has 17 heavy (non-hydrogen) atoms. The second kappa shape index (κ2) is 5.77. The number of benzene rings is 1. The van der Waals surface area contributed by atoms with Crippen molar-refractivity contribution in [2.75, 3.05) is 19.6 Å². The quantitative estimate of drug-likeness (QED) is 0.840. The molecule has 0 amide bonds. The fourth-order valence-corrected chi connectivity index (χ4v) is 2.70. The van der Waals surface area contributed by atoms with Crippen molar-refractivity contribution in [3.8, 4) is 0 Å². The molecule has 1 aromatic rings. The lowest BCUT2D eigenvalue weighted by Gasteiger charge is -2.34. The summed E-state index contributed by atoms with van der Waals surface area (Å²) in [6, 6.07) is 4.02. The highest BCUT2D eigenvalue weighted by Gasteiger charge is 2.20. The standard InChI is InChI=1S/C12H15Cl3N2/c1-8-6-16-4-5-17(8)7-9-10(13)2-3-11(14)12(9)15/h2-3,8,16H,4-7H2,1H3/t8-/m0/s1. The van der Waals surface area contributed by atoms with Crippen LogP contribution in [0.5, 0.6) is 0 Å². The maximum absolute atomic E-state index is 6.21. The molecule has 0 radical (unpaired) electrons. The largest absolute Gasteiger partial charge is 0.314 e. The highest BCUT2D eigenvalue weighted by atomic mass is 35.5. The Morgan fingerprint density at radius 2 is 2.00 bits per heavy atom. The Morgan fingerprint density at radius 3 is 2.71 bits per heavy atom. The van der Waals surface area contributed by atoms with Crippen molar-refractivity contribution in [2.24, 2.45) is 0 Å².